The van der Waals surface area contributed by atoms with E-state index in [0.717, 1.165) is 21.9 Å². The third-order valence-corrected chi connectivity index (χ3v) is 3.15. The van der Waals surface area contributed by atoms with E-state index in [0.29, 0.717) is 5.56 Å². The molecule has 0 radical (unpaired) electrons. The molecule has 3 aromatic rings. The minimum absolute atomic E-state index is 0.113. The van der Waals surface area contributed by atoms with Crippen LogP contribution in [0.25, 0.3) is 21.9 Å². The molecule has 0 fully saturated rings. The summed E-state index contributed by atoms with van der Waals surface area (Å²) in [7, 11) is 0. The monoisotopic (exact) mass is 245 g/mol. The Labute approximate surface area is 111 Å². The number of hydrogen-bond donors (Lipinski definition) is 1. The largest absolute Gasteiger partial charge is 0.508 e. The molecule has 19 heavy (non-hydrogen) atoms. The number of phenolic OH excluding ortho intramolecular Hbond substituents is 1. The van der Waals surface area contributed by atoms with Crippen LogP contribution >= 0.6 is 0 Å². The molecule has 90 valence electrons. The molecular formula is C17H11NO. The quantitative estimate of drug-likeness (QED) is 0.701. The minimum Gasteiger partial charge on any atom is -0.508 e. The highest BCUT2D eigenvalue weighted by atomic mass is 16.3. The summed E-state index contributed by atoms with van der Waals surface area (Å²) in [6.07, 6.45) is 0. The maximum absolute atomic E-state index is 9.71. The van der Waals surface area contributed by atoms with Gasteiger partial charge in [-0.2, -0.15) is 5.26 Å². The van der Waals surface area contributed by atoms with E-state index < -0.39 is 0 Å². The Morgan fingerprint density at radius 1 is 0.895 bits per heavy atom. The molecule has 0 aliphatic carbocycles. The molecule has 0 aliphatic heterocycles. The van der Waals surface area contributed by atoms with Gasteiger partial charge in [-0.3, -0.25) is 0 Å². The summed E-state index contributed by atoms with van der Waals surface area (Å²) in [5.41, 5.74) is 2.33. The predicted molar refractivity (Wildman–Crippen MR) is 75.8 cm³/mol. The summed E-state index contributed by atoms with van der Waals surface area (Å²) < 4.78 is 0. The van der Waals surface area contributed by atoms with E-state index in [4.69, 9.17) is 5.26 Å². The molecule has 2 heteroatoms. The second-order valence-corrected chi connectivity index (χ2v) is 4.41. The van der Waals surface area contributed by atoms with E-state index in [2.05, 4.69) is 6.07 Å². The number of phenols is 1. The van der Waals surface area contributed by atoms with Crippen molar-refractivity contribution in [2.24, 2.45) is 0 Å². The first-order valence-corrected chi connectivity index (χ1v) is 6.00. The second-order valence-electron chi connectivity index (χ2n) is 4.41. The maximum atomic E-state index is 9.71. The van der Waals surface area contributed by atoms with Crippen molar-refractivity contribution in [3.8, 4) is 22.9 Å². The zero-order chi connectivity index (χ0) is 13.2. The van der Waals surface area contributed by atoms with E-state index >= 15 is 0 Å². The molecule has 0 amide bonds. The predicted octanol–water partition coefficient (Wildman–Crippen LogP) is 4.08. The topological polar surface area (TPSA) is 44.0 Å². The lowest BCUT2D eigenvalue weighted by molar-refractivity contribution is 0.475. The van der Waals surface area contributed by atoms with Crippen LogP contribution in [-0.2, 0) is 0 Å². The van der Waals surface area contributed by atoms with E-state index in [-0.39, 0.29) is 5.75 Å². The van der Waals surface area contributed by atoms with Crippen LogP contribution < -0.4 is 0 Å². The number of aromatic hydroxyl groups is 1. The number of benzene rings is 3. The Balaban J connectivity index is 2.31. The molecule has 0 spiro atoms. The van der Waals surface area contributed by atoms with E-state index in [1.165, 1.54) is 6.07 Å². The summed E-state index contributed by atoms with van der Waals surface area (Å²) in [5.74, 6) is 0.113. The maximum Gasteiger partial charge on any atom is 0.117 e. The van der Waals surface area contributed by atoms with Gasteiger partial charge in [0, 0.05) is 0 Å². The Kier molecular flexibility index (Phi) is 2.66. The lowest BCUT2D eigenvalue weighted by atomic mass is 9.97. The van der Waals surface area contributed by atoms with Gasteiger partial charge < -0.3 is 5.11 Å². The first-order chi connectivity index (χ1) is 9.28. The average molecular weight is 245 g/mol. The number of nitriles is 1. The van der Waals surface area contributed by atoms with Gasteiger partial charge in [-0.15, -0.1) is 0 Å². The molecular weight excluding hydrogens is 234 g/mol. The molecule has 0 aromatic heterocycles. The Hall–Kier alpha value is -2.79. The van der Waals surface area contributed by atoms with Crippen molar-refractivity contribution in [3.63, 3.8) is 0 Å². The Bertz CT molecular complexity index is 794. The van der Waals surface area contributed by atoms with Crippen LogP contribution in [0.15, 0.2) is 60.7 Å². The van der Waals surface area contributed by atoms with Crippen LogP contribution in [0.1, 0.15) is 5.56 Å². The fourth-order valence-electron chi connectivity index (χ4n) is 2.31. The molecule has 0 aliphatic rings. The zero-order valence-electron chi connectivity index (χ0n) is 10.2. The second kappa shape index (κ2) is 4.47. The molecule has 0 heterocycles. The van der Waals surface area contributed by atoms with E-state index in [9.17, 15) is 5.11 Å². The summed E-state index contributed by atoms with van der Waals surface area (Å²) in [5, 5.41) is 20.9. The van der Waals surface area contributed by atoms with Gasteiger partial charge in [0.2, 0.25) is 0 Å². The lowest BCUT2D eigenvalue weighted by Gasteiger charge is -2.07. The van der Waals surface area contributed by atoms with Crippen LogP contribution in [0, 0.1) is 11.3 Å². The molecule has 0 saturated carbocycles. The van der Waals surface area contributed by atoms with E-state index in [1.807, 2.05) is 42.5 Å². The van der Waals surface area contributed by atoms with Crippen molar-refractivity contribution in [1.82, 2.24) is 0 Å². The zero-order valence-corrected chi connectivity index (χ0v) is 10.2. The lowest BCUT2D eigenvalue weighted by Crippen LogP contribution is -1.83. The number of hydrogen-bond acceptors (Lipinski definition) is 2. The SMILES string of the molecule is N#Cc1cc(O)cc(-c2cccc3ccccc23)c1. The van der Waals surface area contributed by atoms with Gasteiger partial charge in [0.25, 0.3) is 0 Å². The van der Waals surface area contributed by atoms with Crippen LogP contribution in [-0.4, -0.2) is 5.11 Å². The highest BCUT2D eigenvalue weighted by Crippen LogP contribution is 2.31. The third-order valence-electron chi connectivity index (χ3n) is 3.15. The van der Waals surface area contributed by atoms with Gasteiger partial charge in [0.1, 0.15) is 5.75 Å². The van der Waals surface area contributed by atoms with Gasteiger partial charge in [-0.05, 0) is 40.1 Å². The number of rotatable bonds is 1. The fourth-order valence-corrected chi connectivity index (χ4v) is 2.31. The average Bonchev–Trinajstić information content (AvgIpc) is 2.46. The van der Waals surface area contributed by atoms with Gasteiger partial charge in [0.05, 0.1) is 11.6 Å². The molecule has 0 atom stereocenters. The Morgan fingerprint density at radius 3 is 2.53 bits per heavy atom. The Morgan fingerprint density at radius 2 is 1.68 bits per heavy atom. The van der Waals surface area contributed by atoms with Crippen LogP contribution in [0.2, 0.25) is 0 Å². The van der Waals surface area contributed by atoms with Gasteiger partial charge in [0.15, 0.2) is 0 Å². The summed E-state index contributed by atoms with van der Waals surface area (Å²) in [6, 6.07) is 21.1. The fraction of sp³-hybridized carbons (Fsp3) is 0. The first kappa shape index (κ1) is 11.3. The normalized spacial score (nSPS) is 10.3. The summed E-state index contributed by atoms with van der Waals surface area (Å²) >= 11 is 0. The van der Waals surface area contributed by atoms with Crippen LogP contribution in [0.3, 0.4) is 0 Å². The summed E-state index contributed by atoms with van der Waals surface area (Å²) in [4.78, 5) is 0. The first-order valence-electron chi connectivity index (χ1n) is 6.00. The highest BCUT2D eigenvalue weighted by Gasteiger charge is 2.06. The van der Waals surface area contributed by atoms with Crippen molar-refractivity contribution >= 4 is 10.8 Å². The van der Waals surface area contributed by atoms with Crippen molar-refractivity contribution < 1.29 is 5.11 Å². The van der Waals surface area contributed by atoms with Gasteiger partial charge >= 0.3 is 0 Å². The molecule has 3 aromatic carbocycles. The van der Waals surface area contributed by atoms with Gasteiger partial charge in [-0.1, -0.05) is 42.5 Å². The molecule has 0 unspecified atom stereocenters. The van der Waals surface area contributed by atoms with Crippen molar-refractivity contribution in [1.29, 1.82) is 5.26 Å². The molecule has 0 bridgehead atoms. The third kappa shape index (κ3) is 2.02. The molecule has 3 rings (SSSR count). The smallest absolute Gasteiger partial charge is 0.117 e. The molecule has 2 nitrogen and oxygen atoms in total. The molecule has 0 saturated heterocycles. The van der Waals surface area contributed by atoms with Gasteiger partial charge in [-0.25, -0.2) is 0 Å². The highest BCUT2D eigenvalue weighted by molar-refractivity contribution is 5.96. The van der Waals surface area contributed by atoms with Crippen LogP contribution in [0.5, 0.6) is 5.75 Å². The van der Waals surface area contributed by atoms with Crippen molar-refractivity contribution in [2.75, 3.05) is 0 Å². The number of fused-ring (bicyclic) bond motifs is 1. The van der Waals surface area contributed by atoms with Crippen LogP contribution in [0.4, 0.5) is 0 Å². The van der Waals surface area contributed by atoms with Crippen molar-refractivity contribution in [3.05, 3.63) is 66.2 Å². The minimum atomic E-state index is 0.113. The van der Waals surface area contributed by atoms with E-state index in [1.54, 1.807) is 12.1 Å². The van der Waals surface area contributed by atoms with Crippen molar-refractivity contribution in [2.45, 2.75) is 0 Å². The standard InChI is InChI=1S/C17H11NO/c18-11-12-8-14(10-15(19)9-12)17-7-3-5-13-4-1-2-6-16(13)17/h1-10,19H. The molecule has 1 N–H and O–H groups in total. The number of nitrogens with zero attached hydrogens (tertiary/aromatic N) is 1. The summed E-state index contributed by atoms with van der Waals surface area (Å²) in [6.45, 7) is 0.